The third-order valence-corrected chi connectivity index (χ3v) is 2.32. The van der Waals surface area contributed by atoms with Crippen molar-refractivity contribution in [3.05, 3.63) is 35.1 Å². The van der Waals surface area contributed by atoms with Crippen LogP contribution in [0.15, 0.2) is 18.2 Å². The fourth-order valence-electron chi connectivity index (χ4n) is 1.34. The lowest BCUT2D eigenvalue weighted by Gasteiger charge is -2.14. The Bertz CT molecular complexity index is 391. The van der Waals surface area contributed by atoms with Crippen molar-refractivity contribution in [2.75, 3.05) is 20.8 Å². The van der Waals surface area contributed by atoms with E-state index in [9.17, 15) is 9.18 Å². The van der Waals surface area contributed by atoms with Crippen molar-refractivity contribution in [1.82, 2.24) is 5.32 Å². The van der Waals surface area contributed by atoms with E-state index >= 15 is 0 Å². The molecule has 0 unspecified atom stereocenters. The Kier molecular flexibility index (Phi) is 5.06. The van der Waals surface area contributed by atoms with Crippen LogP contribution >= 0.6 is 0 Å². The summed E-state index contributed by atoms with van der Waals surface area (Å²) >= 11 is 0. The highest BCUT2D eigenvalue weighted by molar-refractivity contribution is 5.94. The van der Waals surface area contributed by atoms with E-state index in [-0.39, 0.29) is 12.1 Å². The highest BCUT2D eigenvalue weighted by Crippen LogP contribution is 2.09. The maximum atomic E-state index is 13.5. The summed E-state index contributed by atoms with van der Waals surface area (Å²) in [5.41, 5.74) is 0.785. The lowest BCUT2D eigenvalue weighted by atomic mass is 10.1. The van der Waals surface area contributed by atoms with E-state index in [4.69, 9.17) is 9.47 Å². The smallest absolute Gasteiger partial charge is 0.254 e. The largest absolute Gasteiger partial charge is 0.354 e. The number of aryl methyl sites for hydroxylation is 1. The van der Waals surface area contributed by atoms with Gasteiger partial charge in [-0.2, -0.15) is 0 Å². The predicted octanol–water partition coefficient (Wildman–Crippen LogP) is 1.48. The fourth-order valence-corrected chi connectivity index (χ4v) is 1.34. The van der Waals surface area contributed by atoms with E-state index in [1.165, 1.54) is 26.4 Å². The number of ether oxygens (including phenoxy) is 2. The van der Waals surface area contributed by atoms with E-state index in [0.717, 1.165) is 5.56 Å². The summed E-state index contributed by atoms with van der Waals surface area (Å²) in [6.07, 6.45) is -0.535. The number of amides is 1. The first-order chi connectivity index (χ1) is 8.08. The minimum absolute atomic E-state index is 0.0153. The van der Waals surface area contributed by atoms with Crippen LogP contribution < -0.4 is 5.32 Å². The van der Waals surface area contributed by atoms with Gasteiger partial charge in [0.05, 0.1) is 12.1 Å². The Labute approximate surface area is 99.7 Å². The molecule has 0 aliphatic heterocycles. The van der Waals surface area contributed by atoms with E-state index < -0.39 is 18.0 Å². The quantitative estimate of drug-likeness (QED) is 0.794. The van der Waals surface area contributed by atoms with Crippen LogP contribution in [-0.2, 0) is 9.47 Å². The van der Waals surface area contributed by atoms with Crippen molar-refractivity contribution in [2.24, 2.45) is 0 Å². The van der Waals surface area contributed by atoms with Gasteiger partial charge >= 0.3 is 0 Å². The second-order valence-corrected chi connectivity index (χ2v) is 3.59. The van der Waals surface area contributed by atoms with E-state index in [1.54, 1.807) is 13.0 Å². The fraction of sp³-hybridized carbons (Fsp3) is 0.417. The second-order valence-electron chi connectivity index (χ2n) is 3.59. The molecular formula is C12H16FNO3. The molecule has 1 amide bonds. The van der Waals surface area contributed by atoms with Crippen LogP contribution in [0.25, 0.3) is 0 Å². The van der Waals surface area contributed by atoms with E-state index in [2.05, 4.69) is 5.32 Å². The maximum absolute atomic E-state index is 13.5. The molecule has 0 heterocycles. The van der Waals surface area contributed by atoms with Gasteiger partial charge in [-0.1, -0.05) is 6.07 Å². The Morgan fingerprint density at radius 1 is 1.41 bits per heavy atom. The van der Waals surface area contributed by atoms with Crippen molar-refractivity contribution in [2.45, 2.75) is 13.2 Å². The third kappa shape index (κ3) is 3.80. The van der Waals surface area contributed by atoms with Crippen molar-refractivity contribution in [3.8, 4) is 0 Å². The topological polar surface area (TPSA) is 47.6 Å². The maximum Gasteiger partial charge on any atom is 0.254 e. The molecule has 0 bridgehead atoms. The minimum Gasteiger partial charge on any atom is -0.354 e. The number of nitrogens with one attached hydrogen (secondary N) is 1. The molecule has 0 saturated heterocycles. The SMILES string of the molecule is COC(CNC(=O)c1ccc(C)cc1F)OC. The number of hydrogen-bond donors (Lipinski definition) is 1. The van der Waals surface area contributed by atoms with Gasteiger partial charge < -0.3 is 14.8 Å². The number of carbonyl (C=O) groups excluding carboxylic acids is 1. The molecule has 1 N–H and O–H groups in total. The average Bonchev–Trinajstić information content (AvgIpc) is 2.30. The second kappa shape index (κ2) is 6.32. The van der Waals surface area contributed by atoms with Crippen LogP contribution in [0, 0.1) is 12.7 Å². The molecule has 5 heteroatoms. The van der Waals surface area contributed by atoms with Crippen molar-refractivity contribution in [1.29, 1.82) is 0 Å². The summed E-state index contributed by atoms with van der Waals surface area (Å²) in [6.45, 7) is 1.93. The Morgan fingerprint density at radius 3 is 2.59 bits per heavy atom. The van der Waals surface area contributed by atoms with Crippen molar-refractivity contribution < 1.29 is 18.7 Å². The highest BCUT2D eigenvalue weighted by atomic mass is 19.1. The van der Waals surface area contributed by atoms with Gasteiger partial charge in [0.1, 0.15) is 5.82 Å². The van der Waals surface area contributed by atoms with Crippen LogP contribution in [0.2, 0.25) is 0 Å². The summed E-state index contributed by atoms with van der Waals surface area (Å²) in [6, 6.07) is 4.45. The number of rotatable bonds is 5. The number of benzene rings is 1. The molecule has 1 aromatic carbocycles. The first-order valence-electron chi connectivity index (χ1n) is 5.18. The monoisotopic (exact) mass is 241 g/mol. The standard InChI is InChI=1S/C12H16FNO3/c1-8-4-5-9(10(13)6-8)12(15)14-7-11(16-2)17-3/h4-6,11H,7H2,1-3H3,(H,14,15). The number of hydrogen-bond acceptors (Lipinski definition) is 3. The molecule has 17 heavy (non-hydrogen) atoms. The molecule has 0 radical (unpaired) electrons. The zero-order valence-electron chi connectivity index (χ0n) is 10.1. The summed E-state index contributed by atoms with van der Waals surface area (Å²) in [5.74, 6) is -1.02. The van der Waals surface area contributed by atoms with Gasteiger partial charge in [0.25, 0.3) is 5.91 Å². The lowest BCUT2D eigenvalue weighted by Crippen LogP contribution is -2.34. The van der Waals surface area contributed by atoms with Gasteiger partial charge in [-0.05, 0) is 24.6 Å². The highest BCUT2D eigenvalue weighted by Gasteiger charge is 2.13. The van der Waals surface area contributed by atoms with Gasteiger partial charge in [0.15, 0.2) is 6.29 Å². The molecule has 0 aromatic heterocycles. The molecule has 1 rings (SSSR count). The zero-order valence-corrected chi connectivity index (χ0v) is 10.1. The summed E-state index contributed by atoms with van der Waals surface area (Å²) in [4.78, 5) is 11.7. The Hall–Kier alpha value is -1.46. The number of halogens is 1. The lowest BCUT2D eigenvalue weighted by molar-refractivity contribution is -0.0974. The van der Waals surface area contributed by atoms with Gasteiger partial charge in [-0.15, -0.1) is 0 Å². The number of methoxy groups -OCH3 is 2. The van der Waals surface area contributed by atoms with Crippen LogP contribution in [0.3, 0.4) is 0 Å². The van der Waals surface area contributed by atoms with Crippen LogP contribution in [-0.4, -0.2) is 33.0 Å². The molecule has 0 saturated carbocycles. The predicted molar refractivity (Wildman–Crippen MR) is 61.3 cm³/mol. The minimum atomic E-state index is -0.535. The van der Waals surface area contributed by atoms with Gasteiger partial charge in [-0.25, -0.2) is 4.39 Å². The average molecular weight is 241 g/mol. The van der Waals surface area contributed by atoms with Gasteiger partial charge in [0.2, 0.25) is 0 Å². The number of carbonyl (C=O) groups is 1. The first-order valence-corrected chi connectivity index (χ1v) is 5.18. The summed E-state index contributed by atoms with van der Waals surface area (Å²) in [5, 5.41) is 2.53. The molecule has 1 aromatic rings. The molecule has 94 valence electrons. The van der Waals surface area contributed by atoms with Crippen LogP contribution in [0.5, 0.6) is 0 Å². The summed E-state index contributed by atoms with van der Waals surface area (Å²) in [7, 11) is 2.93. The first kappa shape index (κ1) is 13.6. The molecule has 0 aliphatic carbocycles. The van der Waals surface area contributed by atoms with E-state index in [1.807, 2.05) is 0 Å². The molecular weight excluding hydrogens is 225 g/mol. The normalized spacial score (nSPS) is 10.6. The van der Waals surface area contributed by atoms with E-state index in [0.29, 0.717) is 0 Å². The molecule has 4 nitrogen and oxygen atoms in total. The molecule has 0 fully saturated rings. The van der Waals surface area contributed by atoms with Crippen LogP contribution in [0.4, 0.5) is 4.39 Å². The summed E-state index contributed by atoms with van der Waals surface area (Å²) < 4.78 is 23.3. The molecule has 0 atom stereocenters. The third-order valence-electron chi connectivity index (χ3n) is 2.32. The zero-order chi connectivity index (χ0) is 12.8. The molecule has 0 aliphatic rings. The van der Waals surface area contributed by atoms with Crippen molar-refractivity contribution in [3.63, 3.8) is 0 Å². The molecule has 0 spiro atoms. The Balaban J connectivity index is 2.64. The van der Waals surface area contributed by atoms with Crippen LogP contribution in [0.1, 0.15) is 15.9 Å². The van der Waals surface area contributed by atoms with Gasteiger partial charge in [-0.3, -0.25) is 4.79 Å². The Morgan fingerprint density at radius 2 is 2.06 bits per heavy atom. The van der Waals surface area contributed by atoms with Gasteiger partial charge in [0, 0.05) is 14.2 Å². The van der Waals surface area contributed by atoms with Crippen molar-refractivity contribution >= 4 is 5.91 Å².